The molecule has 0 fully saturated rings. The molecule has 3 aromatic rings. The molecule has 0 radical (unpaired) electrons. The van der Waals surface area contributed by atoms with E-state index in [0.29, 0.717) is 6.54 Å². The zero-order chi connectivity index (χ0) is 14.7. The van der Waals surface area contributed by atoms with E-state index in [2.05, 4.69) is 39.9 Å². The molecule has 0 saturated carbocycles. The van der Waals surface area contributed by atoms with Gasteiger partial charge in [0, 0.05) is 25.7 Å². The van der Waals surface area contributed by atoms with Crippen molar-refractivity contribution in [2.45, 2.75) is 26.3 Å². The number of aryl methyl sites for hydroxylation is 3. The predicted molar refractivity (Wildman–Crippen MR) is 85.2 cm³/mol. The van der Waals surface area contributed by atoms with Gasteiger partial charge in [0.25, 0.3) is 0 Å². The maximum absolute atomic E-state index is 5.74. The van der Waals surface area contributed by atoms with E-state index < -0.39 is 0 Å². The quantitative estimate of drug-likeness (QED) is 0.781. The Hall–Kier alpha value is -2.20. The fourth-order valence-electron chi connectivity index (χ4n) is 2.61. The van der Waals surface area contributed by atoms with Crippen molar-refractivity contribution in [3.8, 4) is 0 Å². The van der Waals surface area contributed by atoms with Gasteiger partial charge in [0.1, 0.15) is 11.3 Å². The molecule has 0 atom stereocenters. The highest BCUT2D eigenvalue weighted by Gasteiger charge is 2.11. The molecule has 108 valence electrons. The van der Waals surface area contributed by atoms with E-state index in [1.165, 1.54) is 5.56 Å². The van der Waals surface area contributed by atoms with Gasteiger partial charge in [-0.2, -0.15) is 0 Å². The van der Waals surface area contributed by atoms with Gasteiger partial charge in [0.05, 0.1) is 0 Å². The van der Waals surface area contributed by atoms with Crippen LogP contribution in [0.3, 0.4) is 0 Å². The van der Waals surface area contributed by atoms with E-state index in [0.717, 1.165) is 41.9 Å². The Labute approximate surface area is 124 Å². The van der Waals surface area contributed by atoms with Crippen molar-refractivity contribution in [3.63, 3.8) is 0 Å². The molecule has 0 unspecified atom stereocenters. The third-order valence-electron chi connectivity index (χ3n) is 3.63. The van der Waals surface area contributed by atoms with Crippen LogP contribution in [0.15, 0.2) is 42.6 Å². The van der Waals surface area contributed by atoms with E-state index >= 15 is 0 Å². The molecule has 0 bridgehead atoms. The van der Waals surface area contributed by atoms with Crippen LogP contribution in [0, 0.1) is 6.92 Å². The number of rotatable bonds is 5. The number of imidazole rings is 1. The number of aromatic nitrogens is 3. The number of hydrogen-bond donors (Lipinski definition) is 1. The van der Waals surface area contributed by atoms with Gasteiger partial charge in [-0.1, -0.05) is 30.3 Å². The Morgan fingerprint density at radius 2 is 1.95 bits per heavy atom. The van der Waals surface area contributed by atoms with Crippen molar-refractivity contribution in [1.29, 1.82) is 0 Å². The second kappa shape index (κ2) is 6.06. The van der Waals surface area contributed by atoms with Gasteiger partial charge in [-0.15, -0.1) is 0 Å². The number of nitrogens with two attached hydrogens (primary N) is 1. The van der Waals surface area contributed by atoms with E-state index in [1.54, 1.807) is 0 Å². The summed E-state index contributed by atoms with van der Waals surface area (Å²) in [6, 6.07) is 12.6. The first-order chi connectivity index (χ1) is 10.3. The molecule has 2 heterocycles. The van der Waals surface area contributed by atoms with Crippen molar-refractivity contribution < 1.29 is 0 Å². The van der Waals surface area contributed by atoms with Gasteiger partial charge in [-0.25, -0.2) is 9.97 Å². The average molecular weight is 280 g/mol. The lowest BCUT2D eigenvalue weighted by Gasteiger charge is -2.07. The highest BCUT2D eigenvalue weighted by Crippen LogP contribution is 2.16. The second-order valence-electron chi connectivity index (χ2n) is 5.31. The first-order valence-corrected chi connectivity index (χ1v) is 7.33. The number of pyridine rings is 1. The highest BCUT2D eigenvalue weighted by molar-refractivity contribution is 5.72. The fourth-order valence-corrected chi connectivity index (χ4v) is 2.61. The minimum atomic E-state index is 0.597. The highest BCUT2D eigenvalue weighted by atomic mass is 15.1. The minimum Gasteiger partial charge on any atom is -0.329 e. The summed E-state index contributed by atoms with van der Waals surface area (Å²) in [4.78, 5) is 9.27. The minimum absolute atomic E-state index is 0.597. The molecule has 3 rings (SSSR count). The van der Waals surface area contributed by atoms with Crippen molar-refractivity contribution in [1.82, 2.24) is 14.5 Å². The molecule has 0 spiro atoms. The maximum atomic E-state index is 5.74. The summed E-state index contributed by atoms with van der Waals surface area (Å²) in [5.41, 5.74) is 10.1. The molecule has 0 saturated heterocycles. The van der Waals surface area contributed by atoms with Crippen LogP contribution in [0.25, 0.3) is 11.2 Å². The van der Waals surface area contributed by atoms with Gasteiger partial charge in [-0.3, -0.25) is 0 Å². The van der Waals surface area contributed by atoms with Crippen molar-refractivity contribution >= 4 is 11.2 Å². The Morgan fingerprint density at radius 1 is 1.14 bits per heavy atom. The molecule has 4 nitrogen and oxygen atoms in total. The molecule has 4 heteroatoms. The number of hydrogen-bond acceptors (Lipinski definition) is 3. The van der Waals surface area contributed by atoms with Crippen LogP contribution in [-0.2, 0) is 19.4 Å². The molecule has 2 N–H and O–H groups in total. The van der Waals surface area contributed by atoms with Crippen molar-refractivity contribution in [3.05, 3.63) is 59.5 Å². The Bertz CT molecular complexity index is 731. The number of nitrogens with zero attached hydrogens (tertiary/aromatic N) is 3. The first-order valence-electron chi connectivity index (χ1n) is 7.33. The molecule has 21 heavy (non-hydrogen) atoms. The zero-order valence-electron chi connectivity index (χ0n) is 12.3. The predicted octanol–water partition coefficient (Wildman–Crippen LogP) is 2.48. The molecule has 2 aromatic heterocycles. The van der Waals surface area contributed by atoms with Gasteiger partial charge in [0.2, 0.25) is 0 Å². The Kier molecular flexibility index (Phi) is 3.97. The summed E-state index contributed by atoms with van der Waals surface area (Å²) in [5.74, 6) is 1.07. The molecule has 0 aliphatic heterocycles. The second-order valence-corrected chi connectivity index (χ2v) is 5.31. The third-order valence-corrected chi connectivity index (χ3v) is 3.63. The molecule has 0 amide bonds. The number of fused-ring (bicyclic) bond motifs is 1. The van der Waals surface area contributed by atoms with Crippen LogP contribution < -0.4 is 5.73 Å². The SMILES string of the molecule is Cc1cnc2c(c1)nc(CCc1ccccc1)n2CCN. The molecular formula is C17H20N4. The van der Waals surface area contributed by atoms with Crippen molar-refractivity contribution in [2.75, 3.05) is 6.54 Å². The largest absolute Gasteiger partial charge is 0.329 e. The average Bonchev–Trinajstić information content (AvgIpc) is 2.84. The van der Waals surface area contributed by atoms with Crippen LogP contribution in [0.2, 0.25) is 0 Å². The third kappa shape index (κ3) is 2.95. The monoisotopic (exact) mass is 280 g/mol. The summed E-state index contributed by atoms with van der Waals surface area (Å²) >= 11 is 0. The van der Waals surface area contributed by atoms with Crippen molar-refractivity contribution in [2.24, 2.45) is 5.73 Å². The summed E-state index contributed by atoms with van der Waals surface area (Å²) in [5, 5.41) is 0. The lowest BCUT2D eigenvalue weighted by atomic mass is 10.1. The van der Waals surface area contributed by atoms with E-state index in [-0.39, 0.29) is 0 Å². The van der Waals surface area contributed by atoms with Crippen LogP contribution in [0.1, 0.15) is 17.0 Å². The molecule has 1 aromatic carbocycles. The standard InChI is InChI=1S/C17H20N4/c1-13-11-15-17(19-12-13)21(10-9-18)16(20-15)8-7-14-5-3-2-4-6-14/h2-6,11-12H,7-10,18H2,1H3. The van der Waals surface area contributed by atoms with E-state index in [4.69, 9.17) is 10.7 Å². The van der Waals surface area contributed by atoms with Gasteiger partial charge in [0.15, 0.2) is 5.65 Å². The maximum Gasteiger partial charge on any atom is 0.160 e. The Balaban J connectivity index is 1.91. The van der Waals surface area contributed by atoms with E-state index in [1.807, 2.05) is 19.2 Å². The van der Waals surface area contributed by atoms with Crippen LogP contribution in [0.5, 0.6) is 0 Å². The van der Waals surface area contributed by atoms with Gasteiger partial charge < -0.3 is 10.3 Å². The fraction of sp³-hybridized carbons (Fsp3) is 0.294. The molecular weight excluding hydrogens is 260 g/mol. The normalized spacial score (nSPS) is 11.1. The summed E-state index contributed by atoms with van der Waals surface area (Å²) in [7, 11) is 0. The lowest BCUT2D eigenvalue weighted by Crippen LogP contribution is -2.13. The van der Waals surface area contributed by atoms with Crippen LogP contribution in [0.4, 0.5) is 0 Å². The molecule has 0 aliphatic carbocycles. The van der Waals surface area contributed by atoms with E-state index in [9.17, 15) is 0 Å². The van der Waals surface area contributed by atoms with Gasteiger partial charge >= 0.3 is 0 Å². The molecule has 0 aliphatic rings. The Morgan fingerprint density at radius 3 is 2.71 bits per heavy atom. The number of benzene rings is 1. The van der Waals surface area contributed by atoms with Crippen LogP contribution >= 0.6 is 0 Å². The topological polar surface area (TPSA) is 56.7 Å². The summed E-state index contributed by atoms with van der Waals surface area (Å²) < 4.78 is 2.15. The first kappa shape index (κ1) is 13.8. The smallest absolute Gasteiger partial charge is 0.160 e. The zero-order valence-corrected chi connectivity index (χ0v) is 12.3. The van der Waals surface area contributed by atoms with Crippen LogP contribution in [-0.4, -0.2) is 21.1 Å². The summed E-state index contributed by atoms with van der Waals surface area (Å²) in [6.45, 7) is 3.40. The van der Waals surface area contributed by atoms with Gasteiger partial charge in [-0.05, 0) is 30.5 Å². The lowest BCUT2D eigenvalue weighted by molar-refractivity contribution is 0.667. The summed E-state index contributed by atoms with van der Waals surface area (Å²) in [6.07, 6.45) is 3.77.